The minimum Gasteiger partial charge on any atom is -0.481 e. The molecular weight excluding hydrogens is 324 g/mol. The van der Waals surface area contributed by atoms with Gasteiger partial charge < -0.3 is 10.4 Å². The Morgan fingerprint density at radius 3 is 2.85 bits per heavy atom. The van der Waals surface area contributed by atoms with Crippen molar-refractivity contribution >= 4 is 33.5 Å². The van der Waals surface area contributed by atoms with Gasteiger partial charge in [0.05, 0.1) is 18.7 Å². The topological polar surface area (TPSA) is 69.6 Å². The molecule has 0 bridgehead atoms. The molecule has 0 aromatic heterocycles. The fraction of sp³-hybridized carbons (Fsp3) is 0.429. The molecule has 1 unspecified atom stereocenters. The zero-order chi connectivity index (χ0) is 14.5. The second-order valence-electron chi connectivity index (χ2n) is 4.89. The highest BCUT2D eigenvalue weighted by atomic mass is 79.9. The van der Waals surface area contributed by atoms with Crippen molar-refractivity contribution in [3.05, 3.63) is 28.7 Å². The van der Waals surface area contributed by atoms with E-state index in [4.69, 9.17) is 5.11 Å². The van der Waals surface area contributed by atoms with Gasteiger partial charge in [-0.3, -0.25) is 14.5 Å². The van der Waals surface area contributed by atoms with Gasteiger partial charge in [0.15, 0.2) is 0 Å². The summed E-state index contributed by atoms with van der Waals surface area (Å²) in [5.74, 6) is -0.928. The fourth-order valence-corrected chi connectivity index (χ4v) is 2.86. The molecule has 1 amide bonds. The third kappa shape index (κ3) is 4.05. The maximum atomic E-state index is 12.0. The molecule has 108 valence electrons. The molecule has 5 nitrogen and oxygen atoms in total. The van der Waals surface area contributed by atoms with Gasteiger partial charge in [0, 0.05) is 10.5 Å². The van der Waals surface area contributed by atoms with Gasteiger partial charge in [-0.15, -0.1) is 0 Å². The number of hydrogen-bond acceptors (Lipinski definition) is 3. The Morgan fingerprint density at radius 1 is 1.40 bits per heavy atom. The first-order valence-corrected chi connectivity index (χ1v) is 7.36. The number of nitrogens with zero attached hydrogens (tertiary/aromatic N) is 1. The fourth-order valence-electron chi connectivity index (χ4n) is 2.47. The lowest BCUT2D eigenvalue weighted by molar-refractivity contribution is -0.138. The van der Waals surface area contributed by atoms with Crippen LogP contribution in [0.5, 0.6) is 0 Å². The molecule has 1 aromatic rings. The summed E-state index contributed by atoms with van der Waals surface area (Å²) in [7, 11) is 0. The molecular formula is C14H17BrN2O3. The molecule has 1 atom stereocenters. The highest BCUT2D eigenvalue weighted by Gasteiger charge is 2.28. The molecule has 0 saturated carbocycles. The van der Waals surface area contributed by atoms with Crippen molar-refractivity contribution in [3.63, 3.8) is 0 Å². The third-order valence-corrected chi connectivity index (χ3v) is 4.10. The van der Waals surface area contributed by atoms with Crippen LogP contribution in [0.2, 0.25) is 0 Å². The molecule has 0 spiro atoms. The van der Waals surface area contributed by atoms with Crippen molar-refractivity contribution < 1.29 is 14.7 Å². The van der Waals surface area contributed by atoms with E-state index in [2.05, 4.69) is 21.2 Å². The maximum Gasteiger partial charge on any atom is 0.304 e. The van der Waals surface area contributed by atoms with Gasteiger partial charge in [-0.2, -0.15) is 0 Å². The molecule has 1 saturated heterocycles. The zero-order valence-corrected chi connectivity index (χ0v) is 12.6. The van der Waals surface area contributed by atoms with E-state index in [9.17, 15) is 9.59 Å². The summed E-state index contributed by atoms with van der Waals surface area (Å²) in [6.07, 6.45) is 1.89. The predicted molar refractivity (Wildman–Crippen MR) is 79.6 cm³/mol. The average molecular weight is 341 g/mol. The van der Waals surface area contributed by atoms with Crippen LogP contribution >= 0.6 is 15.9 Å². The Labute approximate surface area is 126 Å². The summed E-state index contributed by atoms with van der Waals surface area (Å²) in [5.41, 5.74) is 0.728. The average Bonchev–Trinajstić information content (AvgIpc) is 2.78. The monoisotopic (exact) mass is 340 g/mol. The van der Waals surface area contributed by atoms with Crippen LogP contribution in [0, 0.1) is 0 Å². The van der Waals surface area contributed by atoms with Crippen LogP contribution in [-0.2, 0) is 9.59 Å². The minimum absolute atomic E-state index is 0.0301. The van der Waals surface area contributed by atoms with Crippen LogP contribution in [0.4, 0.5) is 5.69 Å². The number of carbonyl (C=O) groups excluding carboxylic acids is 1. The lowest BCUT2D eigenvalue weighted by Crippen LogP contribution is -2.37. The SMILES string of the molecule is O=C(O)CC1CCCN1CC(=O)Nc1ccccc1Br. The molecule has 1 aliphatic rings. The molecule has 1 aliphatic heterocycles. The summed E-state index contributed by atoms with van der Waals surface area (Å²) in [6.45, 7) is 1.01. The number of aliphatic carboxylic acids is 1. The summed E-state index contributed by atoms with van der Waals surface area (Å²) >= 11 is 3.38. The van der Waals surface area contributed by atoms with Crippen molar-refractivity contribution in [2.24, 2.45) is 0 Å². The van der Waals surface area contributed by atoms with Crippen LogP contribution in [0.25, 0.3) is 0 Å². The van der Waals surface area contributed by atoms with Gasteiger partial charge >= 0.3 is 5.97 Å². The summed E-state index contributed by atoms with van der Waals surface area (Å²) in [6, 6.07) is 7.38. The number of hydrogen-bond donors (Lipinski definition) is 2. The van der Waals surface area contributed by atoms with Gasteiger partial charge in [-0.05, 0) is 47.4 Å². The molecule has 2 rings (SSSR count). The molecule has 6 heteroatoms. The van der Waals surface area contributed by atoms with Gasteiger partial charge in [0.2, 0.25) is 5.91 Å². The summed E-state index contributed by atoms with van der Waals surface area (Å²) < 4.78 is 0.830. The Balaban J connectivity index is 1.91. The lowest BCUT2D eigenvalue weighted by atomic mass is 10.1. The van der Waals surface area contributed by atoms with Gasteiger partial charge in [-0.25, -0.2) is 0 Å². The number of carboxylic acids is 1. The molecule has 2 N–H and O–H groups in total. The molecule has 20 heavy (non-hydrogen) atoms. The molecule has 1 heterocycles. The molecule has 1 aromatic carbocycles. The van der Waals surface area contributed by atoms with E-state index < -0.39 is 5.97 Å². The van der Waals surface area contributed by atoms with E-state index in [0.717, 1.165) is 29.5 Å². The van der Waals surface area contributed by atoms with E-state index >= 15 is 0 Å². The van der Waals surface area contributed by atoms with Crippen LogP contribution < -0.4 is 5.32 Å². The summed E-state index contributed by atoms with van der Waals surface area (Å²) in [4.78, 5) is 24.8. The van der Waals surface area contributed by atoms with Crippen molar-refractivity contribution in [1.82, 2.24) is 4.90 Å². The van der Waals surface area contributed by atoms with Crippen LogP contribution in [0.1, 0.15) is 19.3 Å². The Bertz CT molecular complexity index is 507. The Hall–Kier alpha value is -1.40. The number of anilines is 1. The number of benzene rings is 1. The number of carbonyl (C=O) groups is 2. The number of amides is 1. The minimum atomic E-state index is -0.812. The van der Waals surface area contributed by atoms with Crippen LogP contribution in [-0.4, -0.2) is 41.0 Å². The smallest absolute Gasteiger partial charge is 0.304 e. The molecule has 1 fully saturated rings. The van der Waals surface area contributed by atoms with Gasteiger partial charge in [0.25, 0.3) is 0 Å². The standard InChI is InChI=1S/C14H17BrN2O3/c15-11-5-1-2-6-12(11)16-13(18)9-17-7-3-4-10(17)8-14(19)20/h1-2,5-6,10H,3-4,7-9H2,(H,16,18)(H,19,20). The van der Waals surface area contributed by atoms with E-state index in [1.54, 1.807) is 0 Å². The van der Waals surface area contributed by atoms with Crippen molar-refractivity contribution in [2.75, 3.05) is 18.4 Å². The number of para-hydroxylation sites is 1. The van der Waals surface area contributed by atoms with Crippen molar-refractivity contribution in [2.45, 2.75) is 25.3 Å². The zero-order valence-electron chi connectivity index (χ0n) is 11.0. The van der Waals surface area contributed by atoms with E-state index in [1.807, 2.05) is 29.2 Å². The largest absolute Gasteiger partial charge is 0.481 e. The first kappa shape index (κ1) is 15.0. The first-order chi connectivity index (χ1) is 9.56. The quantitative estimate of drug-likeness (QED) is 0.862. The van der Waals surface area contributed by atoms with Crippen molar-refractivity contribution in [1.29, 1.82) is 0 Å². The van der Waals surface area contributed by atoms with E-state index in [-0.39, 0.29) is 24.9 Å². The highest BCUT2D eigenvalue weighted by molar-refractivity contribution is 9.10. The molecule has 0 radical (unpaired) electrons. The highest BCUT2D eigenvalue weighted by Crippen LogP contribution is 2.22. The van der Waals surface area contributed by atoms with E-state index in [1.165, 1.54) is 0 Å². The third-order valence-electron chi connectivity index (χ3n) is 3.40. The predicted octanol–water partition coefficient (Wildman–Crippen LogP) is 2.33. The first-order valence-electron chi connectivity index (χ1n) is 6.56. The number of rotatable bonds is 5. The number of carboxylic acid groups (broad SMARTS) is 1. The number of halogens is 1. The normalized spacial score (nSPS) is 18.9. The van der Waals surface area contributed by atoms with Crippen molar-refractivity contribution in [3.8, 4) is 0 Å². The molecule has 0 aliphatic carbocycles. The second kappa shape index (κ2) is 6.85. The van der Waals surface area contributed by atoms with Crippen LogP contribution in [0.15, 0.2) is 28.7 Å². The van der Waals surface area contributed by atoms with Crippen LogP contribution in [0.3, 0.4) is 0 Å². The lowest BCUT2D eigenvalue weighted by Gasteiger charge is -2.22. The Morgan fingerprint density at radius 2 is 2.15 bits per heavy atom. The Kier molecular flexibility index (Phi) is 5.14. The van der Waals surface area contributed by atoms with Gasteiger partial charge in [-0.1, -0.05) is 12.1 Å². The summed E-state index contributed by atoms with van der Waals surface area (Å²) in [5, 5.41) is 11.7. The van der Waals surface area contributed by atoms with Gasteiger partial charge in [0.1, 0.15) is 0 Å². The number of likely N-dealkylation sites (tertiary alicyclic amines) is 1. The second-order valence-corrected chi connectivity index (χ2v) is 5.75. The van der Waals surface area contributed by atoms with E-state index in [0.29, 0.717) is 0 Å². The number of nitrogens with one attached hydrogen (secondary N) is 1. The maximum absolute atomic E-state index is 12.0.